The van der Waals surface area contributed by atoms with Gasteiger partial charge in [-0.1, -0.05) is 23.7 Å². The number of ether oxygens (including phenoxy) is 1. The maximum absolute atomic E-state index is 5.87. The lowest BCUT2D eigenvalue weighted by molar-refractivity contribution is 0.417. The lowest BCUT2D eigenvalue weighted by Crippen LogP contribution is -1.98. The molecule has 0 amide bonds. The number of hydrogen-bond acceptors (Lipinski definition) is 3. The molecule has 17 heavy (non-hydrogen) atoms. The van der Waals surface area contributed by atoms with E-state index in [4.69, 9.17) is 22.1 Å². The van der Waals surface area contributed by atoms with Crippen molar-refractivity contribution in [2.45, 2.75) is 0 Å². The van der Waals surface area contributed by atoms with Crippen LogP contribution in [0.25, 0.3) is 0 Å². The summed E-state index contributed by atoms with van der Waals surface area (Å²) in [5, 5.41) is 3.83. The maximum Gasteiger partial charge on any atom is 0.142 e. The zero-order chi connectivity index (χ0) is 12.3. The van der Waals surface area contributed by atoms with Gasteiger partial charge >= 0.3 is 0 Å². The van der Waals surface area contributed by atoms with Crippen molar-refractivity contribution in [1.82, 2.24) is 0 Å². The number of nitrogen functional groups attached to an aromatic ring is 1. The number of para-hydroxylation sites is 2. The normalized spacial score (nSPS) is 10.0. The average Bonchev–Trinajstić information content (AvgIpc) is 2.33. The van der Waals surface area contributed by atoms with Gasteiger partial charge in [-0.15, -0.1) is 0 Å². The van der Waals surface area contributed by atoms with E-state index in [1.807, 2.05) is 30.3 Å². The summed E-state index contributed by atoms with van der Waals surface area (Å²) in [5.74, 6) is 0.766. The Bertz CT molecular complexity index is 529. The molecule has 0 unspecified atom stereocenters. The first-order valence-electron chi connectivity index (χ1n) is 5.16. The van der Waals surface area contributed by atoms with Crippen molar-refractivity contribution >= 4 is 28.7 Å². The Kier molecular flexibility index (Phi) is 3.40. The zero-order valence-corrected chi connectivity index (χ0v) is 10.2. The quantitative estimate of drug-likeness (QED) is 0.815. The summed E-state index contributed by atoms with van der Waals surface area (Å²) in [5.41, 5.74) is 8.14. The van der Waals surface area contributed by atoms with Crippen LogP contribution in [0, 0.1) is 0 Å². The van der Waals surface area contributed by atoms with Gasteiger partial charge in [-0.2, -0.15) is 0 Å². The van der Waals surface area contributed by atoms with Crippen LogP contribution in [-0.2, 0) is 0 Å². The van der Waals surface area contributed by atoms with E-state index in [0.29, 0.717) is 10.7 Å². The highest BCUT2D eigenvalue weighted by molar-refractivity contribution is 6.31. The number of hydrogen-bond donors (Lipinski definition) is 2. The molecule has 0 aliphatic rings. The third-order valence-corrected chi connectivity index (χ3v) is 2.63. The van der Waals surface area contributed by atoms with Gasteiger partial charge < -0.3 is 15.8 Å². The fourth-order valence-corrected chi connectivity index (χ4v) is 1.72. The first-order chi connectivity index (χ1) is 8.20. The molecule has 0 aromatic heterocycles. The second kappa shape index (κ2) is 4.97. The lowest BCUT2D eigenvalue weighted by Gasteiger charge is -2.12. The van der Waals surface area contributed by atoms with Crippen LogP contribution in [0.5, 0.6) is 5.75 Å². The van der Waals surface area contributed by atoms with Crippen LogP contribution in [0.4, 0.5) is 17.1 Å². The van der Waals surface area contributed by atoms with Crippen LogP contribution in [-0.4, -0.2) is 7.11 Å². The molecule has 0 fully saturated rings. The highest BCUT2D eigenvalue weighted by atomic mass is 35.5. The molecule has 0 saturated heterocycles. The third kappa shape index (κ3) is 2.63. The molecule has 88 valence electrons. The summed E-state index contributed by atoms with van der Waals surface area (Å²) in [7, 11) is 1.63. The van der Waals surface area contributed by atoms with Crippen LogP contribution in [0.3, 0.4) is 0 Å². The molecule has 3 N–H and O–H groups in total. The van der Waals surface area contributed by atoms with E-state index in [0.717, 1.165) is 17.1 Å². The van der Waals surface area contributed by atoms with Gasteiger partial charge in [-0.3, -0.25) is 0 Å². The van der Waals surface area contributed by atoms with Gasteiger partial charge in [0.05, 0.1) is 24.2 Å². The predicted molar refractivity (Wildman–Crippen MR) is 72.1 cm³/mol. The van der Waals surface area contributed by atoms with Crippen molar-refractivity contribution in [3.8, 4) is 5.75 Å². The predicted octanol–water partition coefficient (Wildman–Crippen LogP) is 3.67. The fraction of sp³-hybridized carbons (Fsp3) is 0.0769. The van der Waals surface area contributed by atoms with Crippen LogP contribution < -0.4 is 15.8 Å². The number of halogens is 1. The topological polar surface area (TPSA) is 47.3 Å². The first kappa shape index (κ1) is 11.6. The third-order valence-electron chi connectivity index (χ3n) is 2.39. The maximum atomic E-state index is 5.87. The summed E-state index contributed by atoms with van der Waals surface area (Å²) in [6.45, 7) is 0. The minimum Gasteiger partial charge on any atom is -0.495 e. The molecule has 0 spiro atoms. The molecule has 4 heteroatoms. The number of nitrogens with two attached hydrogens (primary N) is 1. The van der Waals surface area contributed by atoms with Gasteiger partial charge in [-0.05, 0) is 30.3 Å². The first-order valence-corrected chi connectivity index (χ1v) is 5.53. The van der Waals surface area contributed by atoms with Crippen molar-refractivity contribution in [3.63, 3.8) is 0 Å². The molecule has 0 atom stereocenters. The SMILES string of the molecule is COc1ccccc1Nc1ccc(Cl)cc1N. The molecule has 2 rings (SSSR count). The Morgan fingerprint density at radius 2 is 1.88 bits per heavy atom. The second-order valence-corrected chi connectivity index (χ2v) is 3.99. The number of rotatable bonds is 3. The monoisotopic (exact) mass is 248 g/mol. The van der Waals surface area contributed by atoms with Crippen molar-refractivity contribution in [3.05, 3.63) is 47.5 Å². The van der Waals surface area contributed by atoms with Gasteiger partial charge in [0.2, 0.25) is 0 Å². The number of methoxy groups -OCH3 is 1. The van der Waals surface area contributed by atoms with Gasteiger partial charge in [0.1, 0.15) is 5.75 Å². The minimum atomic E-state index is 0.600. The Morgan fingerprint density at radius 1 is 1.12 bits per heavy atom. The number of benzene rings is 2. The van der Waals surface area contributed by atoms with E-state index in [2.05, 4.69) is 5.32 Å². The van der Waals surface area contributed by atoms with Gasteiger partial charge in [0.15, 0.2) is 0 Å². The highest BCUT2D eigenvalue weighted by Crippen LogP contribution is 2.30. The Labute approximate surface area is 105 Å². The summed E-state index contributed by atoms with van der Waals surface area (Å²) in [6.07, 6.45) is 0. The van der Waals surface area contributed by atoms with E-state index in [9.17, 15) is 0 Å². The van der Waals surface area contributed by atoms with E-state index < -0.39 is 0 Å². The van der Waals surface area contributed by atoms with Crippen molar-refractivity contribution in [1.29, 1.82) is 0 Å². The van der Waals surface area contributed by atoms with Crippen LogP contribution >= 0.6 is 11.6 Å². The van der Waals surface area contributed by atoms with Gasteiger partial charge in [0, 0.05) is 5.02 Å². The summed E-state index contributed by atoms with van der Waals surface area (Å²) in [4.78, 5) is 0. The fourth-order valence-electron chi connectivity index (χ4n) is 1.54. The molecular weight excluding hydrogens is 236 g/mol. The van der Waals surface area contributed by atoms with Gasteiger partial charge in [0.25, 0.3) is 0 Å². The molecular formula is C13H13ClN2O. The molecule has 0 heterocycles. The lowest BCUT2D eigenvalue weighted by atomic mass is 10.2. The minimum absolute atomic E-state index is 0.600. The van der Waals surface area contributed by atoms with E-state index in [1.165, 1.54) is 0 Å². The van der Waals surface area contributed by atoms with Crippen LogP contribution in [0.1, 0.15) is 0 Å². The van der Waals surface area contributed by atoms with E-state index >= 15 is 0 Å². The largest absolute Gasteiger partial charge is 0.495 e. The summed E-state index contributed by atoms with van der Waals surface area (Å²) < 4.78 is 5.25. The van der Waals surface area contributed by atoms with Gasteiger partial charge in [-0.25, -0.2) is 0 Å². The molecule has 0 radical (unpaired) electrons. The molecule has 0 saturated carbocycles. The highest BCUT2D eigenvalue weighted by Gasteiger charge is 2.04. The Balaban J connectivity index is 2.31. The zero-order valence-electron chi connectivity index (χ0n) is 9.41. The number of nitrogens with one attached hydrogen (secondary N) is 1. The average molecular weight is 249 g/mol. The van der Waals surface area contributed by atoms with Crippen LogP contribution in [0.15, 0.2) is 42.5 Å². The molecule has 0 bridgehead atoms. The molecule has 2 aromatic carbocycles. The molecule has 0 aliphatic heterocycles. The standard InChI is InChI=1S/C13H13ClN2O/c1-17-13-5-3-2-4-12(13)16-11-7-6-9(14)8-10(11)15/h2-8,16H,15H2,1H3. The van der Waals surface area contributed by atoms with Crippen molar-refractivity contribution in [2.24, 2.45) is 0 Å². The molecule has 3 nitrogen and oxygen atoms in total. The smallest absolute Gasteiger partial charge is 0.142 e. The van der Waals surface area contributed by atoms with Crippen LogP contribution in [0.2, 0.25) is 5.02 Å². The van der Waals surface area contributed by atoms with E-state index in [1.54, 1.807) is 19.2 Å². The Hall–Kier alpha value is -1.87. The summed E-state index contributed by atoms with van der Waals surface area (Å²) >= 11 is 5.85. The van der Waals surface area contributed by atoms with Crippen molar-refractivity contribution in [2.75, 3.05) is 18.2 Å². The van der Waals surface area contributed by atoms with E-state index in [-0.39, 0.29) is 0 Å². The molecule has 0 aliphatic carbocycles. The second-order valence-electron chi connectivity index (χ2n) is 3.56. The number of anilines is 3. The Morgan fingerprint density at radius 3 is 2.59 bits per heavy atom. The molecule has 2 aromatic rings. The summed E-state index contributed by atoms with van der Waals surface area (Å²) in [6, 6.07) is 13.0. The van der Waals surface area contributed by atoms with Crippen molar-refractivity contribution < 1.29 is 4.74 Å².